The number of aromatic nitrogens is 2. The van der Waals surface area contributed by atoms with Gasteiger partial charge in [-0.15, -0.1) is 0 Å². The van der Waals surface area contributed by atoms with Gasteiger partial charge in [0.05, 0.1) is 17.4 Å². The molecule has 0 bridgehead atoms. The molecular formula is C19H20N4O. The monoisotopic (exact) mass is 320 g/mol. The second kappa shape index (κ2) is 6.35. The van der Waals surface area contributed by atoms with Gasteiger partial charge in [-0.3, -0.25) is 5.10 Å². The van der Waals surface area contributed by atoms with Crippen LogP contribution >= 0.6 is 0 Å². The predicted octanol–water partition coefficient (Wildman–Crippen LogP) is 4.02. The Morgan fingerprint density at radius 1 is 1.08 bits per heavy atom. The Bertz CT molecular complexity index is 843. The molecule has 2 aromatic carbocycles. The molecule has 122 valence electrons. The summed E-state index contributed by atoms with van der Waals surface area (Å²) in [4.78, 5) is 12.3. The number of hydrogen-bond acceptors (Lipinski definition) is 2. The van der Waals surface area contributed by atoms with Crippen LogP contribution in [0.2, 0.25) is 0 Å². The van der Waals surface area contributed by atoms with Crippen LogP contribution in [0.3, 0.4) is 0 Å². The lowest BCUT2D eigenvalue weighted by Gasteiger charge is -2.15. The topological polar surface area (TPSA) is 69.8 Å². The first-order valence-corrected chi connectivity index (χ1v) is 8.34. The Morgan fingerprint density at radius 2 is 1.96 bits per heavy atom. The number of nitrogens with one attached hydrogen (secondary N) is 3. The highest BCUT2D eigenvalue weighted by molar-refractivity contribution is 6.00. The minimum absolute atomic E-state index is 0.151. The van der Waals surface area contributed by atoms with Crippen molar-refractivity contribution in [1.82, 2.24) is 15.5 Å². The molecule has 2 amide bonds. The lowest BCUT2D eigenvalue weighted by atomic mass is 9.98. The fourth-order valence-corrected chi connectivity index (χ4v) is 3.56. The molecule has 0 unspecified atom stereocenters. The van der Waals surface area contributed by atoms with Crippen LogP contribution in [0.1, 0.15) is 30.7 Å². The number of fused-ring (bicyclic) bond motifs is 1. The van der Waals surface area contributed by atoms with Crippen molar-refractivity contribution >= 4 is 22.6 Å². The third-order valence-corrected chi connectivity index (χ3v) is 4.77. The molecule has 1 aliphatic rings. The van der Waals surface area contributed by atoms with E-state index in [-0.39, 0.29) is 12.1 Å². The molecule has 3 aromatic rings. The number of amides is 2. The molecular weight excluding hydrogens is 300 g/mol. The summed E-state index contributed by atoms with van der Waals surface area (Å²) in [7, 11) is 0. The van der Waals surface area contributed by atoms with Crippen molar-refractivity contribution in [3.63, 3.8) is 0 Å². The fraction of sp³-hybridized carbons (Fsp3) is 0.263. The molecule has 24 heavy (non-hydrogen) atoms. The van der Waals surface area contributed by atoms with Crippen LogP contribution in [0.25, 0.3) is 10.9 Å². The summed E-state index contributed by atoms with van der Waals surface area (Å²) in [5, 5.41) is 13.9. The van der Waals surface area contributed by atoms with Gasteiger partial charge in [-0.25, -0.2) is 4.79 Å². The lowest BCUT2D eigenvalue weighted by molar-refractivity contribution is 0.248. The minimum Gasteiger partial charge on any atom is -0.335 e. The molecule has 0 radical (unpaired) electrons. The summed E-state index contributed by atoms with van der Waals surface area (Å²) in [5.74, 6) is 0.536. The van der Waals surface area contributed by atoms with Gasteiger partial charge in [0.15, 0.2) is 0 Å². The lowest BCUT2D eigenvalue weighted by Crippen LogP contribution is -2.36. The summed E-state index contributed by atoms with van der Waals surface area (Å²) >= 11 is 0. The average Bonchev–Trinajstić information content (AvgIpc) is 3.25. The Hall–Kier alpha value is -2.82. The van der Waals surface area contributed by atoms with E-state index in [1.807, 2.05) is 24.3 Å². The second-order valence-electron chi connectivity index (χ2n) is 6.35. The number of urea groups is 1. The first kappa shape index (κ1) is 14.8. The van der Waals surface area contributed by atoms with Crippen LogP contribution in [-0.2, 0) is 0 Å². The summed E-state index contributed by atoms with van der Waals surface area (Å²) in [5.41, 5.74) is 3.06. The van der Waals surface area contributed by atoms with E-state index in [0.717, 1.165) is 35.9 Å². The van der Waals surface area contributed by atoms with E-state index in [2.05, 4.69) is 45.1 Å². The number of nitrogens with zero attached hydrogens (tertiary/aromatic N) is 1. The van der Waals surface area contributed by atoms with Crippen molar-refractivity contribution in [2.75, 3.05) is 5.32 Å². The number of H-pyrrole nitrogens is 1. The zero-order valence-corrected chi connectivity index (χ0v) is 13.3. The maximum absolute atomic E-state index is 12.3. The van der Waals surface area contributed by atoms with Gasteiger partial charge >= 0.3 is 6.03 Å². The number of hydrogen-bond donors (Lipinski definition) is 3. The number of rotatable bonds is 3. The van der Waals surface area contributed by atoms with E-state index in [9.17, 15) is 4.79 Å². The highest BCUT2D eigenvalue weighted by Crippen LogP contribution is 2.34. The van der Waals surface area contributed by atoms with Crippen molar-refractivity contribution < 1.29 is 4.79 Å². The van der Waals surface area contributed by atoms with Gasteiger partial charge in [0.25, 0.3) is 0 Å². The van der Waals surface area contributed by atoms with Gasteiger partial charge in [-0.05, 0) is 42.9 Å². The van der Waals surface area contributed by atoms with Crippen LogP contribution in [0, 0.1) is 0 Å². The standard InChI is InChI=1S/C19H20N4O/c24-19(22-17-7-4-8-18-16(17)12-20-23-18)21-15-10-9-14(11-15)13-5-2-1-3-6-13/h1-8,12,14-15H,9-11H2,(H,20,23)(H2,21,22,24)/t14-,15+/m1/s1. The average molecular weight is 320 g/mol. The van der Waals surface area contributed by atoms with E-state index in [1.165, 1.54) is 5.56 Å². The Morgan fingerprint density at radius 3 is 2.83 bits per heavy atom. The normalized spacial score (nSPS) is 20.2. The Kier molecular flexibility index (Phi) is 3.91. The van der Waals surface area contributed by atoms with Crippen molar-refractivity contribution in [2.24, 2.45) is 0 Å². The molecule has 1 saturated carbocycles. The molecule has 1 aromatic heterocycles. The van der Waals surface area contributed by atoms with Crippen LogP contribution in [0.15, 0.2) is 54.7 Å². The number of carbonyl (C=O) groups is 1. The van der Waals surface area contributed by atoms with Gasteiger partial charge in [0.2, 0.25) is 0 Å². The summed E-state index contributed by atoms with van der Waals surface area (Å²) in [6.07, 6.45) is 4.86. The molecule has 4 rings (SSSR count). The zero-order valence-electron chi connectivity index (χ0n) is 13.3. The van der Waals surface area contributed by atoms with Crippen LogP contribution < -0.4 is 10.6 Å². The number of anilines is 1. The van der Waals surface area contributed by atoms with Gasteiger partial charge in [0.1, 0.15) is 0 Å². The van der Waals surface area contributed by atoms with Gasteiger partial charge < -0.3 is 10.6 Å². The predicted molar refractivity (Wildman–Crippen MR) is 95.1 cm³/mol. The zero-order chi connectivity index (χ0) is 16.4. The van der Waals surface area contributed by atoms with E-state index in [0.29, 0.717) is 5.92 Å². The smallest absolute Gasteiger partial charge is 0.319 e. The van der Waals surface area contributed by atoms with Crippen molar-refractivity contribution in [3.8, 4) is 0 Å². The molecule has 0 spiro atoms. The number of aromatic amines is 1. The first-order chi connectivity index (χ1) is 11.8. The van der Waals surface area contributed by atoms with Gasteiger partial charge in [-0.1, -0.05) is 36.4 Å². The molecule has 5 nitrogen and oxygen atoms in total. The number of carbonyl (C=O) groups excluding carboxylic acids is 1. The Balaban J connectivity index is 1.38. The molecule has 1 fully saturated rings. The van der Waals surface area contributed by atoms with E-state index >= 15 is 0 Å². The largest absolute Gasteiger partial charge is 0.335 e. The molecule has 3 N–H and O–H groups in total. The summed E-state index contributed by atoms with van der Waals surface area (Å²) in [6, 6.07) is 16.3. The van der Waals surface area contributed by atoms with Crippen LogP contribution in [0.4, 0.5) is 10.5 Å². The fourth-order valence-electron chi connectivity index (χ4n) is 3.56. The Labute approximate surface area is 140 Å². The molecule has 1 heterocycles. The van der Waals surface area contributed by atoms with E-state index in [4.69, 9.17) is 0 Å². The van der Waals surface area contributed by atoms with Gasteiger partial charge in [0, 0.05) is 11.4 Å². The molecule has 0 saturated heterocycles. The molecule has 1 aliphatic carbocycles. The van der Waals surface area contributed by atoms with Crippen LogP contribution in [-0.4, -0.2) is 22.3 Å². The molecule has 2 atom stereocenters. The molecule has 0 aliphatic heterocycles. The SMILES string of the molecule is O=C(Nc1cccc2[nH]ncc12)N[C@H]1CC[C@@H](c2ccccc2)C1. The summed E-state index contributed by atoms with van der Waals surface area (Å²) < 4.78 is 0. The first-order valence-electron chi connectivity index (χ1n) is 8.34. The quantitative estimate of drug-likeness (QED) is 0.682. The van der Waals surface area contributed by atoms with Crippen LogP contribution in [0.5, 0.6) is 0 Å². The van der Waals surface area contributed by atoms with Crippen molar-refractivity contribution in [2.45, 2.75) is 31.2 Å². The van der Waals surface area contributed by atoms with Gasteiger partial charge in [-0.2, -0.15) is 5.10 Å². The minimum atomic E-state index is -0.151. The van der Waals surface area contributed by atoms with Crippen molar-refractivity contribution in [3.05, 3.63) is 60.3 Å². The highest BCUT2D eigenvalue weighted by atomic mass is 16.2. The highest BCUT2D eigenvalue weighted by Gasteiger charge is 2.26. The third-order valence-electron chi connectivity index (χ3n) is 4.77. The maximum Gasteiger partial charge on any atom is 0.319 e. The third kappa shape index (κ3) is 2.97. The van der Waals surface area contributed by atoms with E-state index < -0.39 is 0 Å². The number of benzene rings is 2. The van der Waals surface area contributed by atoms with Crippen molar-refractivity contribution in [1.29, 1.82) is 0 Å². The maximum atomic E-state index is 12.3. The second-order valence-corrected chi connectivity index (χ2v) is 6.35. The molecule has 5 heteroatoms. The summed E-state index contributed by atoms with van der Waals surface area (Å²) in [6.45, 7) is 0. The van der Waals surface area contributed by atoms with E-state index in [1.54, 1.807) is 6.20 Å².